The molecule has 110 valence electrons. The lowest BCUT2D eigenvalue weighted by molar-refractivity contribution is -0.117. The molecule has 1 aromatic carbocycles. The number of carbonyl (C=O) groups is 2. The summed E-state index contributed by atoms with van der Waals surface area (Å²) in [6, 6.07) is 4.35. The Bertz CT molecular complexity index is 491. The van der Waals surface area contributed by atoms with Crippen LogP contribution in [0.5, 0.6) is 0 Å². The number of nitrogens with one attached hydrogen (secondary N) is 1. The van der Waals surface area contributed by atoms with Crippen LogP contribution in [0.15, 0.2) is 18.2 Å². The lowest BCUT2D eigenvalue weighted by Crippen LogP contribution is -2.16. The predicted octanol–water partition coefficient (Wildman–Crippen LogP) is 2.30. The first-order valence-electron chi connectivity index (χ1n) is 5.90. The summed E-state index contributed by atoms with van der Waals surface area (Å²) in [7, 11) is 0. The van der Waals surface area contributed by atoms with Gasteiger partial charge in [-0.05, 0) is 24.6 Å². The Labute approximate surface area is 114 Å². The van der Waals surface area contributed by atoms with Crippen LogP contribution < -0.4 is 5.32 Å². The lowest BCUT2D eigenvalue weighted by Gasteiger charge is -2.09. The maximum absolute atomic E-state index is 11.8. The van der Waals surface area contributed by atoms with Crippen molar-refractivity contribution in [1.82, 2.24) is 0 Å². The summed E-state index contributed by atoms with van der Waals surface area (Å²) in [4.78, 5) is 22.4. The minimum absolute atomic E-state index is 0.0554. The molecule has 0 bridgehead atoms. The summed E-state index contributed by atoms with van der Waals surface area (Å²) in [6.07, 6.45) is -2.64. The third kappa shape index (κ3) is 5.31. The van der Waals surface area contributed by atoms with Gasteiger partial charge in [0, 0.05) is 5.69 Å². The minimum atomic E-state index is -2.56. The van der Waals surface area contributed by atoms with E-state index in [1.807, 2.05) is 0 Å². The minimum Gasteiger partial charge on any atom is -0.478 e. The third-order valence-electron chi connectivity index (χ3n) is 2.48. The average molecular weight is 287 g/mol. The number of carboxylic acids is 1. The second-order valence-corrected chi connectivity index (χ2v) is 4.10. The molecule has 0 heterocycles. The number of carboxylic acid groups (broad SMARTS) is 1. The molecule has 0 fully saturated rings. The van der Waals surface area contributed by atoms with Gasteiger partial charge in [-0.3, -0.25) is 4.79 Å². The van der Waals surface area contributed by atoms with Gasteiger partial charge in [0.15, 0.2) is 0 Å². The molecule has 0 aliphatic carbocycles. The summed E-state index contributed by atoms with van der Waals surface area (Å²) in [5.74, 6) is -1.52. The zero-order valence-corrected chi connectivity index (χ0v) is 10.9. The summed E-state index contributed by atoms with van der Waals surface area (Å²) >= 11 is 0. The molecule has 7 heteroatoms. The molecule has 0 aliphatic heterocycles. The highest BCUT2D eigenvalue weighted by Crippen LogP contribution is 2.17. The van der Waals surface area contributed by atoms with E-state index >= 15 is 0 Å². The van der Waals surface area contributed by atoms with Gasteiger partial charge in [-0.25, -0.2) is 13.6 Å². The number of rotatable bonds is 7. The van der Waals surface area contributed by atoms with Crippen LogP contribution in [0, 0.1) is 6.92 Å². The highest BCUT2D eigenvalue weighted by atomic mass is 19.3. The number of halogens is 2. The van der Waals surface area contributed by atoms with Crippen LogP contribution in [-0.2, 0) is 9.53 Å². The molecule has 5 nitrogen and oxygen atoms in total. The average Bonchev–Trinajstić information content (AvgIpc) is 2.37. The van der Waals surface area contributed by atoms with Crippen LogP contribution in [0.25, 0.3) is 0 Å². The van der Waals surface area contributed by atoms with E-state index < -0.39 is 24.9 Å². The Hall–Kier alpha value is -2.02. The molecule has 20 heavy (non-hydrogen) atoms. The van der Waals surface area contributed by atoms with Gasteiger partial charge in [-0.1, -0.05) is 6.07 Å². The molecular formula is C13H15F2NO4. The summed E-state index contributed by atoms with van der Waals surface area (Å²) in [5, 5.41) is 11.4. The van der Waals surface area contributed by atoms with Gasteiger partial charge in [0.25, 0.3) is 6.43 Å². The van der Waals surface area contributed by atoms with E-state index in [-0.39, 0.29) is 18.6 Å². The second-order valence-electron chi connectivity index (χ2n) is 4.10. The molecular weight excluding hydrogens is 272 g/mol. The van der Waals surface area contributed by atoms with Crippen molar-refractivity contribution in [3.05, 3.63) is 29.3 Å². The standard InChI is InChI=1S/C13H15F2NO4/c1-8-2-3-9(13(18)19)6-10(8)16-12(17)4-5-20-7-11(14)15/h2-3,6,11H,4-5,7H2,1H3,(H,16,17)(H,18,19). The largest absolute Gasteiger partial charge is 0.478 e. The summed E-state index contributed by atoms with van der Waals surface area (Å²) in [5.41, 5.74) is 1.14. The van der Waals surface area contributed by atoms with Crippen molar-refractivity contribution in [2.75, 3.05) is 18.5 Å². The van der Waals surface area contributed by atoms with Gasteiger partial charge in [0.2, 0.25) is 5.91 Å². The van der Waals surface area contributed by atoms with E-state index in [0.29, 0.717) is 11.3 Å². The van der Waals surface area contributed by atoms with Gasteiger partial charge in [0.05, 0.1) is 18.6 Å². The van der Waals surface area contributed by atoms with E-state index in [2.05, 4.69) is 10.1 Å². The van der Waals surface area contributed by atoms with Gasteiger partial charge in [-0.2, -0.15) is 0 Å². The second kappa shape index (κ2) is 7.54. The Morgan fingerprint density at radius 2 is 2.10 bits per heavy atom. The number of anilines is 1. The SMILES string of the molecule is Cc1ccc(C(=O)O)cc1NC(=O)CCOCC(F)F. The van der Waals surface area contributed by atoms with Crippen molar-refractivity contribution in [3.63, 3.8) is 0 Å². The van der Waals surface area contributed by atoms with Crippen molar-refractivity contribution < 1.29 is 28.2 Å². The van der Waals surface area contributed by atoms with Crippen LogP contribution in [-0.4, -0.2) is 36.6 Å². The Morgan fingerprint density at radius 1 is 1.40 bits per heavy atom. The molecule has 1 rings (SSSR count). The Balaban J connectivity index is 2.53. The van der Waals surface area contributed by atoms with Crippen molar-refractivity contribution >= 4 is 17.6 Å². The molecule has 0 unspecified atom stereocenters. The third-order valence-corrected chi connectivity index (χ3v) is 2.48. The first kappa shape index (κ1) is 16.0. The number of alkyl halides is 2. The van der Waals surface area contributed by atoms with E-state index in [1.165, 1.54) is 12.1 Å². The molecule has 0 aliphatic rings. The number of carbonyl (C=O) groups excluding carboxylic acids is 1. The van der Waals surface area contributed by atoms with Gasteiger partial charge >= 0.3 is 5.97 Å². The van der Waals surface area contributed by atoms with E-state index in [1.54, 1.807) is 13.0 Å². The number of ether oxygens (including phenoxy) is 1. The number of aryl methyl sites for hydroxylation is 1. The number of aromatic carboxylic acids is 1. The summed E-state index contributed by atoms with van der Waals surface area (Å²) < 4.78 is 28.2. The number of hydrogen-bond donors (Lipinski definition) is 2. The molecule has 0 radical (unpaired) electrons. The fraction of sp³-hybridized carbons (Fsp3) is 0.385. The topological polar surface area (TPSA) is 75.6 Å². The van der Waals surface area contributed by atoms with Crippen LogP contribution in [0.2, 0.25) is 0 Å². The normalized spacial score (nSPS) is 10.6. The fourth-order valence-corrected chi connectivity index (χ4v) is 1.44. The van der Waals surface area contributed by atoms with E-state index in [9.17, 15) is 18.4 Å². The van der Waals surface area contributed by atoms with E-state index in [0.717, 1.165) is 0 Å². The number of benzene rings is 1. The molecule has 0 saturated heterocycles. The first-order chi connectivity index (χ1) is 9.40. The maximum Gasteiger partial charge on any atom is 0.335 e. The van der Waals surface area contributed by atoms with Gasteiger partial charge in [0.1, 0.15) is 6.61 Å². The van der Waals surface area contributed by atoms with Crippen LogP contribution in [0.4, 0.5) is 14.5 Å². The Kier molecular flexibility index (Phi) is 6.05. The molecule has 0 aromatic heterocycles. The van der Waals surface area contributed by atoms with Gasteiger partial charge in [-0.15, -0.1) is 0 Å². The van der Waals surface area contributed by atoms with Gasteiger partial charge < -0.3 is 15.2 Å². The van der Waals surface area contributed by atoms with Crippen molar-refractivity contribution in [2.45, 2.75) is 19.8 Å². The lowest BCUT2D eigenvalue weighted by atomic mass is 10.1. The fourth-order valence-electron chi connectivity index (χ4n) is 1.44. The van der Waals surface area contributed by atoms with Crippen molar-refractivity contribution in [2.24, 2.45) is 0 Å². The monoisotopic (exact) mass is 287 g/mol. The van der Waals surface area contributed by atoms with Crippen molar-refractivity contribution in [1.29, 1.82) is 0 Å². The molecule has 0 saturated carbocycles. The number of amides is 1. The highest BCUT2D eigenvalue weighted by Gasteiger charge is 2.09. The van der Waals surface area contributed by atoms with Crippen LogP contribution in [0.1, 0.15) is 22.3 Å². The first-order valence-corrected chi connectivity index (χ1v) is 5.90. The predicted molar refractivity (Wildman–Crippen MR) is 68.2 cm³/mol. The zero-order chi connectivity index (χ0) is 15.1. The smallest absolute Gasteiger partial charge is 0.335 e. The Morgan fingerprint density at radius 3 is 2.70 bits per heavy atom. The summed E-state index contributed by atoms with van der Waals surface area (Å²) in [6.45, 7) is 0.892. The maximum atomic E-state index is 11.8. The van der Waals surface area contributed by atoms with Crippen molar-refractivity contribution in [3.8, 4) is 0 Å². The molecule has 2 N–H and O–H groups in total. The van der Waals surface area contributed by atoms with Crippen LogP contribution in [0.3, 0.4) is 0 Å². The number of hydrogen-bond acceptors (Lipinski definition) is 3. The quantitative estimate of drug-likeness (QED) is 0.754. The molecule has 1 amide bonds. The van der Waals surface area contributed by atoms with Crippen LogP contribution >= 0.6 is 0 Å². The molecule has 0 spiro atoms. The van der Waals surface area contributed by atoms with E-state index in [4.69, 9.17) is 5.11 Å². The zero-order valence-electron chi connectivity index (χ0n) is 10.9. The molecule has 0 atom stereocenters. The molecule has 1 aromatic rings. The highest BCUT2D eigenvalue weighted by molar-refractivity contribution is 5.94.